The van der Waals surface area contributed by atoms with Gasteiger partial charge in [0.1, 0.15) is 22.9 Å². The first-order valence-electron chi connectivity index (χ1n) is 4.46. The molecule has 1 saturated heterocycles. The van der Waals surface area contributed by atoms with Crippen molar-refractivity contribution in [3.8, 4) is 0 Å². The van der Waals surface area contributed by atoms with Crippen LogP contribution in [0.3, 0.4) is 0 Å². The van der Waals surface area contributed by atoms with Crippen molar-refractivity contribution in [2.45, 2.75) is 24.5 Å². The molecule has 0 saturated carbocycles. The lowest BCUT2D eigenvalue weighted by atomic mass is 10.1. The van der Waals surface area contributed by atoms with Crippen LogP contribution in [0.5, 0.6) is 0 Å². The van der Waals surface area contributed by atoms with Gasteiger partial charge < -0.3 is 20.1 Å². The molecule has 0 bridgehead atoms. The Morgan fingerprint density at radius 3 is 2.67 bits per heavy atom. The second-order valence-corrected chi connectivity index (χ2v) is 4.16. The monoisotopic (exact) mass is 278 g/mol. The Hall–Kier alpha value is -0.470. The molecule has 1 fully saturated rings. The van der Waals surface area contributed by atoms with Crippen LogP contribution < -0.4 is 0 Å². The molecule has 0 radical (unpaired) electrons. The third kappa shape index (κ3) is 1.93. The van der Waals surface area contributed by atoms with E-state index in [1.54, 1.807) is 12.3 Å². The topological polar surface area (TPSA) is 87.7 Å². The fourth-order valence-electron chi connectivity index (χ4n) is 1.56. The maximum Gasteiger partial charge on any atom is 0.179 e. The summed E-state index contributed by atoms with van der Waals surface area (Å²) in [4.78, 5) is 0. The van der Waals surface area contributed by atoms with E-state index in [1.165, 1.54) is 4.68 Å². The highest BCUT2D eigenvalue weighted by atomic mass is 79.9. The van der Waals surface area contributed by atoms with Crippen molar-refractivity contribution in [2.24, 2.45) is 0 Å². The van der Waals surface area contributed by atoms with Gasteiger partial charge in [-0.15, -0.1) is 0 Å². The van der Waals surface area contributed by atoms with Crippen molar-refractivity contribution in [3.63, 3.8) is 0 Å². The minimum atomic E-state index is -1.09. The second kappa shape index (κ2) is 4.18. The van der Waals surface area contributed by atoms with Crippen LogP contribution in [0.15, 0.2) is 16.9 Å². The molecule has 0 spiro atoms. The van der Waals surface area contributed by atoms with E-state index in [4.69, 9.17) is 9.84 Å². The van der Waals surface area contributed by atoms with Crippen LogP contribution in [-0.2, 0) is 4.74 Å². The van der Waals surface area contributed by atoms with E-state index >= 15 is 0 Å². The average molecular weight is 279 g/mol. The highest BCUT2D eigenvalue weighted by molar-refractivity contribution is 9.10. The van der Waals surface area contributed by atoms with Gasteiger partial charge in [-0.25, -0.2) is 4.68 Å². The lowest BCUT2D eigenvalue weighted by Gasteiger charge is -2.14. The van der Waals surface area contributed by atoms with Crippen molar-refractivity contribution in [2.75, 3.05) is 6.61 Å². The number of nitrogens with zero attached hydrogens (tertiary/aromatic N) is 2. The van der Waals surface area contributed by atoms with Crippen LogP contribution in [0.4, 0.5) is 0 Å². The first-order valence-corrected chi connectivity index (χ1v) is 5.26. The fraction of sp³-hybridized carbons (Fsp3) is 0.625. The molecular formula is C8H11BrN2O4. The van der Waals surface area contributed by atoms with Gasteiger partial charge in [-0.05, 0) is 22.0 Å². The molecule has 2 rings (SSSR count). The van der Waals surface area contributed by atoms with Gasteiger partial charge in [0, 0.05) is 6.20 Å². The zero-order chi connectivity index (χ0) is 11.0. The lowest BCUT2D eigenvalue weighted by molar-refractivity contribution is -0.0587. The molecule has 4 atom stereocenters. The van der Waals surface area contributed by atoms with Crippen LogP contribution in [0, 0.1) is 0 Å². The number of hydrogen-bond donors (Lipinski definition) is 3. The van der Waals surface area contributed by atoms with Crippen LogP contribution in [-0.4, -0.2) is 50.0 Å². The summed E-state index contributed by atoms with van der Waals surface area (Å²) < 4.78 is 7.27. The zero-order valence-corrected chi connectivity index (χ0v) is 9.28. The quantitative estimate of drug-likeness (QED) is 0.663. The third-order valence-corrected chi connectivity index (χ3v) is 2.78. The van der Waals surface area contributed by atoms with E-state index in [9.17, 15) is 10.2 Å². The standard InChI is InChI=1S/C8H11BrN2O4/c9-5-1-2-11(10-5)8-7(14)6(13)4(3-12)15-8/h1-2,4,6-8,12-14H,3H2/t4-,6-,7-,8-/m0/s1. The summed E-state index contributed by atoms with van der Waals surface area (Å²) in [6.07, 6.45) is -2.10. The molecule has 7 heteroatoms. The van der Waals surface area contributed by atoms with Crippen molar-refractivity contribution < 1.29 is 20.1 Å². The van der Waals surface area contributed by atoms with Crippen LogP contribution in [0.2, 0.25) is 0 Å². The molecule has 0 aliphatic carbocycles. The Bertz CT molecular complexity index is 345. The van der Waals surface area contributed by atoms with E-state index in [0.29, 0.717) is 4.60 Å². The number of halogens is 1. The molecule has 1 aliphatic heterocycles. The summed E-state index contributed by atoms with van der Waals surface area (Å²) in [6.45, 7) is -0.336. The molecule has 0 aromatic carbocycles. The zero-order valence-electron chi connectivity index (χ0n) is 7.69. The van der Waals surface area contributed by atoms with Gasteiger partial charge in [0.05, 0.1) is 6.61 Å². The first-order chi connectivity index (χ1) is 7.13. The lowest BCUT2D eigenvalue weighted by Crippen LogP contribution is -2.33. The maximum absolute atomic E-state index is 9.66. The van der Waals surface area contributed by atoms with E-state index in [1.807, 2.05) is 0 Å². The summed E-state index contributed by atoms with van der Waals surface area (Å²) in [5.41, 5.74) is 0. The normalized spacial score (nSPS) is 36.0. The van der Waals surface area contributed by atoms with Crippen molar-refractivity contribution >= 4 is 15.9 Å². The predicted molar refractivity (Wildman–Crippen MR) is 52.9 cm³/mol. The molecule has 0 unspecified atom stereocenters. The summed E-state index contributed by atoms with van der Waals surface area (Å²) in [7, 11) is 0. The highest BCUT2D eigenvalue weighted by Gasteiger charge is 2.43. The summed E-state index contributed by atoms with van der Waals surface area (Å²) >= 11 is 3.17. The molecule has 3 N–H and O–H groups in total. The first kappa shape index (κ1) is 11.0. The molecule has 15 heavy (non-hydrogen) atoms. The number of aliphatic hydroxyl groups is 3. The summed E-state index contributed by atoms with van der Waals surface area (Å²) in [5, 5.41) is 32.1. The van der Waals surface area contributed by atoms with Crippen molar-refractivity contribution in [1.29, 1.82) is 0 Å². The summed E-state index contributed by atoms with van der Waals surface area (Å²) in [6, 6.07) is 1.69. The third-order valence-electron chi connectivity index (χ3n) is 2.35. The van der Waals surface area contributed by atoms with Gasteiger partial charge in [0.2, 0.25) is 0 Å². The minimum Gasteiger partial charge on any atom is -0.394 e. The van der Waals surface area contributed by atoms with E-state index in [2.05, 4.69) is 21.0 Å². The van der Waals surface area contributed by atoms with E-state index < -0.39 is 24.5 Å². The molecular weight excluding hydrogens is 268 g/mol. The highest BCUT2D eigenvalue weighted by Crippen LogP contribution is 2.28. The Morgan fingerprint density at radius 2 is 2.20 bits per heavy atom. The number of ether oxygens (including phenoxy) is 1. The van der Waals surface area contributed by atoms with E-state index in [0.717, 1.165) is 0 Å². The van der Waals surface area contributed by atoms with Crippen LogP contribution >= 0.6 is 15.9 Å². The maximum atomic E-state index is 9.66. The van der Waals surface area contributed by atoms with Gasteiger partial charge in [-0.2, -0.15) is 5.10 Å². The molecule has 1 aliphatic rings. The summed E-state index contributed by atoms with van der Waals surface area (Å²) in [5.74, 6) is 0. The van der Waals surface area contributed by atoms with Gasteiger partial charge in [0.15, 0.2) is 6.23 Å². The van der Waals surface area contributed by atoms with Gasteiger partial charge in [0.25, 0.3) is 0 Å². The van der Waals surface area contributed by atoms with E-state index in [-0.39, 0.29) is 6.61 Å². The molecule has 0 amide bonds. The smallest absolute Gasteiger partial charge is 0.179 e. The molecule has 1 aromatic rings. The molecule has 2 heterocycles. The molecule has 84 valence electrons. The van der Waals surface area contributed by atoms with Crippen LogP contribution in [0.25, 0.3) is 0 Å². The predicted octanol–water partition coefficient (Wildman–Crippen LogP) is -0.743. The second-order valence-electron chi connectivity index (χ2n) is 3.35. The Labute approximate surface area is 94.2 Å². The number of aromatic nitrogens is 2. The fourth-order valence-corrected chi connectivity index (χ4v) is 1.86. The average Bonchev–Trinajstić information content (AvgIpc) is 2.74. The number of aliphatic hydroxyl groups excluding tert-OH is 3. The van der Waals surface area contributed by atoms with Gasteiger partial charge in [-0.3, -0.25) is 0 Å². The molecule has 6 nitrogen and oxygen atoms in total. The Balaban J connectivity index is 2.18. The SMILES string of the molecule is OC[C@@H]1O[C@H](n2ccc(Br)n2)[C@@H](O)[C@H]1O. The van der Waals surface area contributed by atoms with Crippen LogP contribution in [0.1, 0.15) is 6.23 Å². The van der Waals surface area contributed by atoms with Crippen molar-refractivity contribution in [1.82, 2.24) is 9.78 Å². The van der Waals surface area contributed by atoms with Gasteiger partial charge in [-0.1, -0.05) is 0 Å². The minimum absolute atomic E-state index is 0.336. The largest absolute Gasteiger partial charge is 0.394 e. The number of hydrogen-bond acceptors (Lipinski definition) is 5. The molecule has 1 aromatic heterocycles. The number of rotatable bonds is 2. The van der Waals surface area contributed by atoms with Gasteiger partial charge >= 0.3 is 0 Å². The van der Waals surface area contributed by atoms with Crippen molar-refractivity contribution in [3.05, 3.63) is 16.9 Å². The Kier molecular flexibility index (Phi) is 3.08. The Morgan fingerprint density at radius 1 is 1.47 bits per heavy atom.